The third-order valence-electron chi connectivity index (χ3n) is 0.236. The van der Waals surface area contributed by atoms with E-state index in [-0.39, 0.29) is 29.0 Å². The Labute approximate surface area is 80.7 Å². The van der Waals surface area contributed by atoms with Gasteiger partial charge in [0.05, 0.1) is 0 Å². The van der Waals surface area contributed by atoms with E-state index in [0.717, 1.165) is 0 Å². The molecule has 0 amide bonds. The molecule has 0 atom stereocenters. The van der Waals surface area contributed by atoms with Crippen LogP contribution in [0.25, 0.3) is 0 Å². The van der Waals surface area contributed by atoms with Crippen LogP contribution in [-0.4, -0.2) is 29.3 Å². The second kappa shape index (κ2) is 12.1. The summed E-state index contributed by atoms with van der Waals surface area (Å²) in [5, 5.41) is 0. The number of rotatable bonds is 1. The van der Waals surface area contributed by atoms with Crippen LogP contribution in [0.4, 0.5) is 0 Å². The van der Waals surface area contributed by atoms with E-state index in [4.69, 9.17) is 0 Å². The molecule has 0 aromatic carbocycles. The summed E-state index contributed by atoms with van der Waals surface area (Å²) in [6.45, 7) is 11.3. The third kappa shape index (κ3) is 78.6. The number of carbonyl (C=O) groups excluding carboxylic acids is 1. The van der Waals surface area contributed by atoms with Crippen LogP contribution in [0.3, 0.4) is 0 Å². The van der Waals surface area contributed by atoms with Crippen molar-refractivity contribution in [2.24, 2.45) is 11.8 Å². The van der Waals surface area contributed by atoms with Gasteiger partial charge in [0.2, 0.25) is 0 Å². The van der Waals surface area contributed by atoms with E-state index in [1.165, 1.54) is 0 Å². The summed E-state index contributed by atoms with van der Waals surface area (Å²) in [5.41, 5.74) is 0. The minimum Gasteiger partial charge on any atom is -0.542 e. The van der Waals surface area contributed by atoms with Crippen LogP contribution in [-0.2, 0) is 4.79 Å². The minimum atomic E-state index is 0. The molecule has 0 unspecified atom stereocenters. The van der Waals surface area contributed by atoms with Crippen molar-refractivity contribution in [2.45, 2.75) is 27.7 Å². The molecule has 0 aliphatic carbocycles. The Kier molecular flexibility index (Phi) is 20.4. The fraction of sp³-hybridized carbons (Fsp3) is 0.750. The van der Waals surface area contributed by atoms with E-state index >= 15 is 0 Å². The molecule has 0 fully saturated rings. The van der Waals surface area contributed by atoms with Gasteiger partial charge in [-0.05, 0) is 0 Å². The molecule has 10 heavy (non-hydrogen) atoms. The van der Waals surface area contributed by atoms with E-state index < -0.39 is 0 Å². The summed E-state index contributed by atoms with van der Waals surface area (Å²) in [5.74, 6) is 0.662. The predicted molar refractivity (Wildman–Crippen MR) is 46.5 cm³/mol. The largest absolute Gasteiger partial charge is 2.00 e. The van der Waals surface area contributed by atoms with Gasteiger partial charge >= 0.3 is 23.1 Å². The van der Waals surface area contributed by atoms with Crippen LogP contribution >= 0.6 is 0 Å². The second-order valence-electron chi connectivity index (χ2n) is 2.67. The van der Waals surface area contributed by atoms with Crippen LogP contribution < -0.4 is 0 Å². The normalized spacial score (nSPS) is 7.90. The molecule has 0 heterocycles. The first-order chi connectivity index (χ1) is 4.00. The minimum absolute atomic E-state index is 0. The van der Waals surface area contributed by atoms with Gasteiger partial charge in [0.1, 0.15) is 0 Å². The Morgan fingerprint density at radius 1 is 1.20 bits per heavy atom. The van der Waals surface area contributed by atoms with Crippen molar-refractivity contribution < 1.29 is 4.79 Å². The van der Waals surface area contributed by atoms with Gasteiger partial charge in [-0.25, -0.2) is 0 Å². The second-order valence-corrected chi connectivity index (χ2v) is 2.67. The van der Waals surface area contributed by atoms with Crippen molar-refractivity contribution >= 4 is 29.3 Å². The van der Waals surface area contributed by atoms with Gasteiger partial charge < -0.3 is 11.7 Å². The molecule has 0 radical (unpaired) electrons. The first-order valence-electron chi connectivity index (χ1n) is 3.21. The van der Waals surface area contributed by atoms with Crippen molar-refractivity contribution in [1.29, 1.82) is 0 Å². The topological polar surface area (TPSA) is 17.1 Å². The van der Waals surface area contributed by atoms with Crippen LogP contribution in [0.2, 0.25) is 0 Å². The molecule has 0 aliphatic heterocycles. The van der Waals surface area contributed by atoms with E-state index in [2.05, 4.69) is 20.8 Å². The zero-order valence-corrected chi connectivity index (χ0v) is 8.89. The van der Waals surface area contributed by atoms with Crippen molar-refractivity contribution in [1.82, 2.24) is 0 Å². The molecule has 2 heteroatoms. The molecule has 0 saturated carbocycles. The molecule has 0 saturated heterocycles. The van der Waals surface area contributed by atoms with Crippen molar-refractivity contribution in [3.05, 3.63) is 6.92 Å². The van der Waals surface area contributed by atoms with Crippen molar-refractivity contribution in [3.8, 4) is 0 Å². The monoisotopic (exact) mass is 152 g/mol. The molecule has 0 bridgehead atoms. The third-order valence-corrected chi connectivity index (χ3v) is 0.236. The van der Waals surface area contributed by atoms with E-state index in [1.807, 2.05) is 0 Å². The van der Waals surface area contributed by atoms with Gasteiger partial charge in [-0.3, -0.25) is 6.29 Å². The molecular weight excluding hydrogens is 136 g/mol. The standard InChI is InChI=1S/C4H7O.C4H9.Mg/c1-4(2)3-5;1-4(2)3;/h4H,1-2H3;4H,1H2,2-3H3;/q2*-1;+2. The molecule has 0 rings (SSSR count). The first kappa shape index (κ1) is 16.8. The average molecular weight is 153 g/mol. The molecule has 0 aromatic rings. The molecule has 0 aromatic heterocycles. The summed E-state index contributed by atoms with van der Waals surface area (Å²) in [6.07, 6.45) is 1.78. The molecule has 1 nitrogen and oxygen atoms in total. The Bertz CT molecular complexity index is 57.5. The van der Waals surface area contributed by atoms with Crippen LogP contribution in [0.5, 0.6) is 0 Å². The Morgan fingerprint density at radius 3 is 1.30 bits per heavy atom. The van der Waals surface area contributed by atoms with Crippen LogP contribution in [0, 0.1) is 18.8 Å². The van der Waals surface area contributed by atoms with Gasteiger partial charge in [0, 0.05) is 0 Å². The molecule has 56 valence electrons. The predicted octanol–water partition coefficient (Wildman–Crippen LogP) is 1.85. The maximum Gasteiger partial charge on any atom is 2.00 e. The maximum atomic E-state index is 9.38. The van der Waals surface area contributed by atoms with E-state index in [9.17, 15) is 4.79 Å². The Balaban J connectivity index is -0.0000000910. The average Bonchev–Trinajstić information content (AvgIpc) is 1.65. The molecule has 0 spiro atoms. The van der Waals surface area contributed by atoms with Crippen molar-refractivity contribution in [2.75, 3.05) is 0 Å². The zero-order valence-electron chi connectivity index (χ0n) is 7.48. The summed E-state index contributed by atoms with van der Waals surface area (Å²) in [7, 11) is 0. The number of hydrogen-bond acceptors (Lipinski definition) is 1. The smallest absolute Gasteiger partial charge is 0.542 e. The van der Waals surface area contributed by atoms with Gasteiger partial charge in [-0.1, -0.05) is 27.7 Å². The number of hydrogen-bond donors (Lipinski definition) is 0. The van der Waals surface area contributed by atoms with Crippen molar-refractivity contribution in [3.63, 3.8) is 0 Å². The molecule has 0 aliphatic rings. The van der Waals surface area contributed by atoms with Gasteiger partial charge in [-0.15, -0.1) is 5.92 Å². The molecule has 0 N–H and O–H groups in total. The SMILES string of the molecule is CC(C)[C-]=O.[CH2-]C(C)C.[Mg+2]. The quantitative estimate of drug-likeness (QED) is 0.414. The van der Waals surface area contributed by atoms with E-state index in [1.54, 1.807) is 20.1 Å². The Hall–Kier alpha value is 0.436. The van der Waals surface area contributed by atoms with Gasteiger partial charge in [-0.2, -0.15) is 5.92 Å². The van der Waals surface area contributed by atoms with Gasteiger partial charge in [0.25, 0.3) is 0 Å². The summed E-state index contributed by atoms with van der Waals surface area (Å²) < 4.78 is 0. The summed E-state index contributed by atoms with van der Waals surface area (Å²) in [4.78, 5) is 9.38. The van der Waals surface area contributed by atoms with Crippen LogP contribution in [0.15, 0.2) is 0 Å². The van der Waals surface area contributed by atoms with Crippen LogP contribution in [0.1, 0.15) is 27.7 Å². The molecular formula is C8H16MgO. The summed E-state index contributed by atoms with van der Waals surface area (Å²) in [6, 6.07) is 0. The first-order valence-corrected chi connectivity index (χ1v) is 3.21. The zero-order chi connectivity index (χ0) is 7.86. The van der Waals surface area contributed by atoms with Gasteiger partial charge in [0.15, 0.2) is 0 Å². The summed E-state index contributed by atoms with van der Waals surface area (Å²) >= 11 is 0. The fourth-order valence-electron chi connectivity index (χ4n) is 0. The fourth-order valence-corrected chi connectivity index (χ4v) is 0. The maximum absolute atomic E-state index is 9.38. The van der Waals surface area contributed by atoms with E-state index in [0.29, 0.717) is 5.92 Å². The Morgan fingerprint density at radius 2 is 1.30 bits per heavy atom.